The molecule has 1 aromatic carbocycles. The van der Waals surface area contributed by atoms with Crippen molar-refractivity contribution in [3.8, 4) is 11.8 Å². The second kappa shape index (κ2) is 4.45. The summed E-state index contributed by atoms with van der Waals surface area (Å²) in [5.74, 6) is 0.204. The van der Waals surface area contributed by atoms with Gasteiger partial charge in [-0.15, -0.1) is 0 Å². The summed E-state index contributed by atoms with van der Waals surface area (Å²) in [7, 11) is 0. The van der Waals surface area contributed by atoms with Gasteiger partial charge in [0.05, 0.1) is 6.20 Å². The van der Waals surface area contributed by atoms with Crippen LogP contribution >= 0.6 is 0 Å². The number of hydrogen-bond donors (Lipinski definition) is 1. The van der Waals surface area contributed by atoms with Gasteiger partial charge < -0.3 is 10.5 Å². The van der Waals surface area contributed by atoms with Gasteiger partial charge in [-0.05, 0) is 26.0 Å². The average Bonchev–Trinajstić information content (AvgIpc) is 2.63. The number of aromatic nitrogens is 2. The van der Waals surface area contributed by atoms with Crippen LogP contribution in [0, 0.1) is 5.82 Å². The Morgan fingerprint density at radius 1 is 1.35 bits per heavy atom. The lowest BCUT2D eigenvalue weighted by molar-refractivity contribution is 0.377. The molecular formula is C12H14FN3O. The lowest BCUT2D eigenvalue weighted by atomic mass is 10.3. The third-order valence-corrected chi connectivity index (χ3v) is 2.35. The molecule has 0 unspecified atom stereocenters. The topological polar surface area (TPSA) is 53.1 Å². The van der Waals surface area contributed by atoms with Crippen LogP contribution in [0.4, 0.5) is 10.2 Å². The normalized spacial score (nSPS) is 10.8. The molecule has 17 heavy (non-hydrogen) atoms. The van der Waals surface area contributed by atoms with Crippen LogP contribution in [-0.2, 0) is 0 Å². The summed E-state index contributed by atoms with van der Waals surface area (Å²) in [6, 6.07) is 6.57. The first-order valence-corrected chi connectivity index (χ1v) is 5.34. The Morgan fingerprint density at radius 2 is 2.06 bits per heavy atom. The van der Waals surface area contributed by atoms with Crippen molar-refractivity contribution in [2.45, 2.75) is 19.9 Å². The van der Waals surface area contributed by atoms with E-state index in [0.717, 1.165) is 0 Å². The number of ether oxygens (including phenoxy) is 1. The van der Waals surface area contributed by atoms with Crippen LogP contribution in [0.2, 0.25) is 0 Å². The minimum absolute atomic E-state index is 0.0965. The van der Waals surface area contributed by atoms with E-state index in [1.807, 2.05) is 13.8 Å². The SMILES string of the molecule is CC(C)n1c(N)cnc1Oc1ccccc1F. The van der Waals surface area contributed by atoms with Gasteiger partial charge in [0.25, 0.3) is 0 Å². The van der Waals surface area contributed by atoms with E-state index >= 15 is 0 Å². The summed E-state index contributed by atoms with van der Waals surface area (Å²) in [6.45, 7) is 3.90. The highest BCUT2D eigenvalue weighted by molar-refractivity contribution is 5.34. The number of halogens is 1. The number of imidazole rings is 1. The zero-order chi connectivity index (χ0) is 12.4. The van der Waals surface area contributed by atoms with Crippen molar-refractivity contribution in [2.24, 2.45) is 0 Å². The second-order valence-electron chi connectivity index (χ2n) is 3.96. The molecule has 0 fully saturated rings. The summed E-state index contributed by atoms with van der Waals surface area (Å²) in [5, 5.41) is 0. The Hall–Kier alpha value is -2.04. The standard InChI is InChI=1S/C12H14FN3O/c1-8(2)16-11(14)7-15-12(16)17-10-6-4-3-5-9(10)13/h3-8H,14H2,1-2H3. The number of para-hydroxylation sites is 1. The summed E-state index contributed by atoms with van der Waals surface area (Å²) in [6.07, 6.45) is 1.50. The molecule has 0 aliphatic rings. The molecular weight excluding hydrogens is 221 g/mol. The van der Waals surface area contributed by atoms with E-state index in [-0.39, 0.29) is 11.8 Å². The molecule has 0 atom stereocenters. The van der Waals surface area contributed by atoms with Crippen molar-refractivity contribution in [3.63, 3.8) is 0 Å². The molecule has 0 spiro atoms. The molecule has 2 N–H and O–H groups in total. The molecule has 4 nitrogen and oxygen atoms in total. The predicted octanol–water partition coefficient (Wildman–Crippen LogP) is 2.98. The molecule has 1 heterocycles. The van der Waals surface area contributed by atoms with Gasteiger partial charge in [0.15, 0.2) is 11.6 Å². The quantitative estimate of drug-likeness (QED) is 0.889. The zero-order valence-corrected chi connectivity index (χ0v) is 9.72. The van der Waals surface area contributed by atoms with E-state index in [0.29, 0.717) is 11.8 Å². The van der Waals surface area contributed by atoms with Gasteiger partial charge in [-0.2, -0.15) is 0 Å². The fraction of sp³-hybridized carbons (Fsp3) is 0.250. The van der Waals surface area contributed by atoms with Gasteiger partial charge in [-0.25, -0.2) is 9.37 Å². The smallest absolute Gasteiger partial charge is 0.303 e. The molecule has 2 aromatic rings. The Labute approximate surface area is 98.8 Å². The van der Waals surface area contributed by atoms with Gasteiger partial charge in [0.2, 0.25) is 0 Å². The van der Waals surface area contributed by atoms with Gasteiger partial charge >= 0.3 is 6.01 Å². The first kappa shape index (κ1) is 11.4. The minimum atomic E-state index is -0.427. The van der Waals surface area contributed by atoms with E-state index < -0.39 is 5.82 Å². The average molecular weight is 235 g/mol. The van der Waals surface area contributed by atoms with Crippen molar-refractivity contribution in [1.29, 1.82) is 0 Å². The van der Waals surface area contributed by atoms with Crippen LogP contribution in [0.5, 0.6) is 11.8 Å². The fourth-order valence-electron chi connectivity index (χ4n) is 1.58. The number of anilines is 1. The van der Waals surface area contributed by atoms with Crippen LogP contribution in [0.15, 0.2) is 30.5 Å². The van der Waals surface area contributed by atoms with Crippen LogP contribution in [0.1, 0.15) is 19.9 Å². The molecule has 0 saturated carbocycles. The number of hydrogen-bond acceptors (Lipinski definition) is 3. The molecule has 0 bridgehead atoms. The summed E-state index contributed by atoms with van der Waals surface area (Å²) in [4.78, 5) is 4.02. The van der Waals surface area contributed by atoms with E-state index in [1.165, 1.54) is 12.3 Å². The van der Waals surface area contributed by atoms with Crippen LogP contribution in [0.3, 0.4) is 0 Å². The second-order valence-corrected chi connectivity index (χ2v) is 3.96. The van der Waals surface area contributed by atoms with E-state index in [1.54, 1.807) is 22.8 Å². The molecule has 1 aromatic heterocycles. The van der Waals surface area contributed by atoms with Gasteiger partial charge in [0, 0.05) is 6.04 Å². The number of rotatable bonds is 3. The van der Waals surface area contributed by atoms with E-state index in [4.69, 9.17) is 10.5 Å². The number of nitrogens with zero attached hydrogens (tertiary/aromatic N) is 2. The third kappa shape index (κ3) is 2.22. The Bertz CT molecular complexity index is 522. The molecule has 90 valence electrons. The first-order valence-electron chi connectivity index (χ1n) is 5.34. The van der Waals surface area contributed by atoms with Gasteiger partial charge in [-0.1, -0.05) is 12.1 Å². The highest BCUT2D eigenvalue weighted by Gasteiger charge is 2.14. The molecule has 2 rings (SSSR count). The molecule has 0 aliphatic carbocycles. The molecule has 0 amide bonds. The van der Waals surface area contributed by atoms with Crippen molar-refractivity contribution < 1.29 is 9.13 Å². The van der Waals surface area contributed by atoms with Crippen LogP contribution < -0.4 is 10.5 Å². The zero-order valence-electron chi connectivity index (χ0n) is 9.72. The summed E-state index contributed by atoms with van der Waals surface area (Å²) in [5.41, 5.74) is 5.76. The maximum atomic E-state index is 13.4. The molecule has 5 heteroatoms. The first-order chi connectivity index (χ1) is 8.09. The van der Waals surface area contributed by atoms with E-state index in [2.05, 4.69) is 4.98 Å². The highest BCUT2D eigenvalue weighted by atomic mass is 19.1. The molecule has 0 aliphatic heterocycles. The Balaban J connectivity index is 2.34. The fourth-order valence-corrected chi connectivity index (χ4v) is 1.58. The third-order valence-electron chi connectivity index (χ3n) is 2.35. The van der Waals surface area contributed by atoms with Gasteiger partial charge in [0.1, 0.15) is 5.82 Å². The maximum absolute atomic E-state index is 13.4. The summed E-state index contributed by atoms with van der Waals surface area (Å²) >= 11 is 0. The van der Waals surface area contributed by atoms with Crippen molar-refractivity contribution >= 4 is 5.82 Å². The number of nitrogen functional groups attached to an aromatic ring is 1. The summed E-state index contributed by atoms with van der Waals surface area (Å²) < 4.78 is 20.5. The monoisotopic (exact) mass is 235 g/mol. The van der Waals surface area contributed by atoms with E-state index in [9.17, 15) is 4.39 Å². The van der Waals surface area contributed by atoms with Crippen molar-refractivity contribution in [3.05, 3.63) is 36.3 Å². The number of benzene rings is 1. The Kier molecular flexibility index (Phi) is 2.99. The van der Waals surface area contributed by atoms with Crippen molar-refractivity contribution in [1.82, 2.24) is 9.55 Å². The van der Waals surface area contributed by atoms with Gasteiger partial charge in [-0.3, -0.25) is 4.57 Å². The lowest BCUT2D eigenvalue weighted by Crippen LogP contribution is -2.07. The highest BCUT2D eigenvalue weighted by Crippen LogP contribution is 2.27. The van der Waals surface area contributed by atoms with Crippen LogP contribution in [0.25, 0.3) is 0 Å². The van der Waals surface area contributed by atoms with Crippen molar-refractivity contribution in [2.75, 3.05) is 5.73 Å². The molecule has 0 saturated heterocycles. The molecule has 0 radical (unpaired) electrons. The number of nitrogens with two attached hydrogens (primary N) is 1. The predicted molar refractivity (Wildman–Crippen MR) is 63.5 cm³/mol. The largest absolute Gasteiger partial charge is 0.422 e. The Morgan fingerprint density at radius 3 is 2.71 bits per heavy atom. The maximum Gasteiger partial charge on any atom is 0.303 e. The minimum Gasteiger partial charge on any atom is -0.422 e. The lowest BCUT2D eigenvalue weighted by Gasteiger charge is -2.13. The van der Waals surface area contributed by atoms with Crippen LogP contribution in [-0.4, -0.2) is 9.55 Å².